The van der Waals surface area contributed by atoms with Crippen molar-refractivity contribution in [3.8, 4) is 0 Å². The largest absolute Gasteiger partial charge is 0.368 e. The number of halogens is 2. The molecule has 2 heterocycles. The van der Waals surface area contributed by atoms with Gasteiger partial charge in [-0.3, -0.25) is 9.89 Å². The van der Waals surface area contributed by atoms with E-state index >= 15 is 0 Å². The highest BCUT2D eigenvalue weighted by atomic mass is 127. The Hall–Kier alpha value is -0.730. The summed E-state index contributed by atoms with van der Waals surface area (Å²) in [5, 5.41) is 7.53. The van der Waals surface area contributed by atoms with Crippen LogP contribution in [-0.2, 0) is 0 Å². The van der Waals surface area contributed by atoms with Crippen molar-refractivity contribution >= 4 is 47.2 Å². The molecular weight excluding hydrogens is 437 g/mol. The summed E-state index contributed by atoms with van der Waals surface area (Å²) in [5.41, 5.74) is 1.16. The third-order valence-electron chi connectivity index (χ3n) is 4.41. The highest BCUT2D eigenvalue weighted by molar-refractivity contribution is 14.0. The Labute approximate surface area is 166 Å². The van der Waals surface area contributed by atoms with Crippen molar-refractivity contribution in [3.63, 3.8) is 0 Å². The van der Waals surface area contributed by atoms with Crippen LogP contribution in [0.4, 0.5) is 5.69 Å². The van der Waals surface area contributed by atoms with Gasteiger partial charge < -0.3 is 15.5 Å². The van der Waals surface area contributed by atoms with Gasteiger partial charge in [-0.1, -0.05) is 23.7 Å². The van der Waals surface area contributed by atoms with E-state index < -0.39 is 0 Å². The topological polar surface area (TPSA) is 42.9 Å². The van der Waals surface area contributed by atoms with Crippen LogP contribution in [0.5, 0.6) is 0 Å². The summed E-state index contributed by atoms with van der Waals surface area (Å²) in [5.74, 6) is 0.972. The maximum absolute atomic E-state index is 6.29. The number of nitrogens with one attached hydrogen (secondary N) is 2. The molecule has 1 fully saturated rings. The summed E-state index contributed by atoms with van der Waals surface area (Å²) >= 11 is 6.29. The summed E-state index contributed by atoms with van der Waals surface area (Å²) < 4.78 is 0. The third kappa shape index (κ3) is 5.67. The van der Waals surface area contributed by atoms with Gasteiger partial charge in [0.15, 0.2) is 5.96 Å². The molecule has 0 radical (unpaired) electrons. The monoisotopic (exact) mass is 463 g/mol. The van der Waals surface area contributed by atoms with Gasteiger partial charge in [0.25, 0.3) is 0 Å². The number of aliphatic imine (C=N–C) groups is 1. The smallest absolute Gasteiger partial charge is 0.191 e. The van der Waals surface area contributed by atoms with Crippen molar-refractivity contribution in [1.29, 1.82) is 0 Å². The van der Waals surface area contributed by atoms with Gasteiger partial charge in [0.2, 0.25) is 0 Å². The van der Waals surface area contributed by atoms with Gasteiger partial charge in [-0.05, 0) is 31.5 Å². The molecule has 2 N–H and O–H groups in total. The van der Waals surface area contributed by atoms with Crippen molar-refractivity contribution in [2.24, 2.45) is 4.99 Å². The van der Waals surface area contributed by atoms with Crippen LogP contribution in [0.3, 0.4) is 0 Å². The van der Waals surface area contributed by atoms with E-state index in [1.165, 1.54) is 0 Å². The zero-order valence-corrected chi connectivity index (χ0v) is 17.1. The molecule has 1 saturated heterocycles. The zero-order chi connectivity index (χ0) is 15.9. The van der Waals surface area contributed by atoms with E-state index in [0.29, 0.717) is 0 Å². The van der Waals surface area contributed by atoms with Crippen molar-refractivity contribution in [3.05, 3.63) is 29.3 Å². The van der Waals surface area contributed by atoms with Gasteiger partial charge in [0.05, 0.1) is 10.7 Å². The zero-order valence-electron chi connectivity index (χ0n) is 14.0. The summed E-state index contributed by atoms with van der Waals surface area (Å²) in [6, 6.07) is 8.12. The summed E-state index contributed by atoms with van der Waals surface area (Å²) in [6.45, 7) is 8.40. The summed E-state index contributed by atoms with van der Waals surface area (Å²) in [6.07, 6.45) is 2.29. The van der Waals surface area contributed by atoms with E-state index in [4.69, 9.17) is 11.6 Å². The number of benzene rings is 1. The first-order chi connectivity index (χ1) is 11.3. The first-order valence-corrected chi connectivity index (χ1v) is 8.95. The van der Waals surface area contributed by atoms with Crippen molar-refractivity contribution < 1.29 is 0 Å². The molecule has 3 rings (SSSR count). The average Bonchev–Trinajstić information content (AvgIpc) is 2.61. The number of guanidine groups is 1. The molecule has 1 aromatic carbocycles. The van der Waals surface area contributed by atoms with Crippen LogP contribution in [0.15, 0.2) is 29.3 Å². The quantitative estimate of drug-likeness (QED) is 0.520. The second kappa shape index (κ2) is 10.3. The SMILES string of the molecule is Clc1ccccc1N1CCN(CCCNC2=NCCCN2)CC1.I. The molecule has 2 aliphatic heterocycles. The van der Waals surface area contributed by atoms with E-state index in [-0.39, 0.29) is 24.0 Å². The molecule has 1 aromatic rings. The van der Waals surface area contributed by atoms with Gasteiger partial charge >= 0.3 is 0 Å². The lowest BCUT2D eigenvalue weighted by atomic mass is 10.2. The Kier molecular flexibility index (Phi) is 8.41. The van der Waals surface area contributed by atoms with Crippen molar-refractivity contribution in [1.82, 2.24) is 15.5 Å². The van der Waals surface area contributed by atoms with Gasteiger partial charge in [0, 0.05) is 45.8 Å². The minimum Gasteiger partial charge on any atom is -0.368 e. The number of hydrogen-bond acceptors (Lipinski definition) is 5. The Morgan fingerprint density at radius 1 is 1.17 bits per heavy atom. The van der Waals surface area contributed by atoms with E-state index in [0.717, 1.165) is 81.9 Å². The van der Waals surface area contributed by atoms with Gasteiger partial charge in [0.1, 0.15) is 0 Å². The van der Waals surface area contributed by atoms with E-state index in [1.807, 2.05) is 12.1 Å². The minimum atomic E-state index is 0. The van der Waals surface area contributed by atoms with Crippen LogP contribution in [0, 0.1) is 0 Å². The maximum atomic E-state index is 6.29. The lowest BCUT2D eigenvalue weighted by Crippen LogP contribution is -2.47. The standard InChI is InChI=1S/C17H26ClN5.HI/c18-15-5-1-2-6-16(15)23-13-11-22(12-14-23)10-4-9-21-17-19-7-3-8-20-17;/h1-2,5-6H,3-4,7-14H2,(H2,19,20,21);1H. The fourth-order valence-electron chi connectivity index (χ4n) is 3.08. The van der Waals surface area contributed by atoms with Crippen molar-refractivity contribution in [2.75, 3.05) is 57.3 Å². The number of hydrogen-bond donors (Lipinski definition) is 2. The Balaban J connectivity index is 0.00000208. The maximum Gasteiger partial charge on any atom is 0.191 e. The van der Waals surface area contributed by atoms with Crippen LogP contribution < -0.4 is 15.5 Å². The number of para-hydroxylation sites is 1. The molecule has 5 nitrogen and oxygen atoms in total. The number of rotatable bonds is 5. The molecule has 2 aliphatic rings. The average molecular weight is 464 g/mol. The Bertz CT molecular complexity index is 531. The Morgan fingerprint density at radius 3 is 2.67 bits per heavy atom. The molecule has 0 atom stereocenters. The predicted molar refractivity (Wildman–Crippen MR) is 113 cm³/mol. The van der Waals surface area contributed by atoms with E-state index in [2.05, 4.69) is 37.6 Å². The fraction of sp³-hybridized carbons (Fsp3) is 0.588. The molecule has 7 heteroatoms. The molecular formula is C17H27ClIN5. The fourth-order valence-corrected chi connectivity index (χ4v) is 3.34. The highest BCUT2D eigenvalue weighted by Crippen LogP contribution is 2.25. The number of piperazine rings is 1. The number of nitrogens with zero attached hydrogens (tertiary/aromatic N) is 3. The lowest BCUT2D eigenvalue weighted by Gasteiger charge is -2.36. The first kappa shape index (κ1) is 19.6. The van der Waals surface area contributed by atoms with Crippen molar-refractivity contribution in [2.45, 2.75) is 12.8 Å². The second-order valence-electron chi connectivity index (χ2n) is 6.07. The first-order valence-electron chi connectivity index (χ1n) is 8.57. The van der Waals surface area contributed by atoms with E-state index in [1.54, 1.807) is 0 Å². The lowest BCUT2D eigenvalue weighted by molar-refractivity contribution is 0.255. The Morgan fingerprint density at radius 2 is 1.96 bits per heavy atom. The van der Waals surface area contributed by atoms with Crippen LogP contribution in [0.1, 0.15) is 12.8 Å². The highest BCUT2D eigenvalue weighted by Gasteiger charge is 2.18. The number of anilines is 1. The van der Waals surface area contributed by atoms with Crippen LogP contribution in [0.2, 0.25) is 5.02 Å². The summed E-state index contributed by atoms with van der Waals surface area (Å²) in [4.78, 5) is 9.35. The minimum absolute atomic E-state index is 0. The third-order valence-corrected chi connectivity index (χ3v) is 4.73. The normalized spacial score (nSPS) is 18.4. The molecule has 0 spiro atoms. The molecule has 134 valence electrons. The second-order valence-corrected chi connectivity index (χ2v) is 6.48. The molecule has 0 unspecified atom stereocenters. The molecule has 0 amide bonds. The van der Waals surface area contributed by atoms with Gasteiger partial charge in [-0.15, -0.1) is 24.0 Å². The molecule has 0 aliphatic carbocycles. The van der Waals surface area contributed by atoms with Gasteiger partial charge in [-0.25, -0.2) is 0 Å². The van der Waals surface area contributed by atoms with Gasteiger partial charge in [-0.2, -0.15) is 0 Å². The van der Waals surface area contributed by atoms with Crippen LogP contribution in [0.25, 0.3) is 0 Å². The molecule has 0 saturated carbocycles. The molecule has 0 bridgehead atoms. The predicted octanol–water partition coefficient (Wildman–Crippen LogP) is 2.41. The van der Waals surface area contributed by atoms with E-state index in [9.17, 15) is 0 Å². The van der Waals surface area contributed by atoms with Crippen LogP contribution >= 0.6 is 35.6 Å². The molecule has 24 heavy (non-hydrogen) atoms. The summed E-state index contributed by atoms with van der Waals surface area (Å²) in [7, 11) is 0. The molecule has 0 aromatic heterocycles. The van der Waals surface area contributed by atoms with Crippen LogP contribution in [-0.4, -0.2) is 63.2 Å².